The van der Waals surface area contributed by atoms with E-state index in [1.54, 1.807) is 20.2 Å². The Kier molecular flexibility index (Phi) is 5.58. The van der Waals surface area contributed by atoms with Gasteiger partial charge >= 0.3 is 0 Å². The Hall–Kier alpha value is -3.89. The van der Waals surface area contributed by atoms with E-state index in [0.717, 1.165) is 5.56 Å². The van der Waals surface area contributed by atoms with Gasteiger partial charge in [0.25, 0.3) is 0 Å². The van der Waals surface area contributed by atoms with Gasteiger partial charge in [0.1, 0.15) is 5.75 Å². The molecule has 0 aliphatic heterocycles. The molecule has 3 aliphatic carbocycles. The highest BCUT2D eigenvalue weighted by atomic mass is 16.3. The summed E-state index contributed by atoms with van der Waals surface area (Å²) in [5, 5.41) is 22.5. The first kappa shape index (κ1) is 24.8. The Labute approximate surface area is 212 Å². The second-order valence-corrected chi connectivity index (χ2v) is 10.4. The molecule has 2 unspecified atom stereocenters. The number of carbonyl (C=O) groups is 5. The molecular formula is C27H27N3O7. The van der Waals surface area contributed by atoms with Gasteiger partial charge in [-0.15, -0.1) is 0 Å². The molecule has 2 saturated carbocycles. The molecule has 37 heavy (non-hydrogen) atoms. The number of primary amides is 1. The molecule has 2 aromatic rings. The number of hydrogen-bond acceptors (Lipinski definition) is 9. The molecule has 5 rings (SSSR count). The maximum absolute atomic E-state index is 13.8. The lowest BCUT2D eigenvalue weighted by Crippen LogP contribution is -2.74. The van der Waals surface area contributed by atoms with Gasteiger partial charge in [0.05, 0.1) is 23.2 Å². The van der Waals surface area contributed by atoms with Gasteiger partial charge in [0.15, 0.2) is 34.7 Å². The molecule has 10 heteroatoms. The van der Waals surface area contributed by atoms with E-state index < -0.39 is 70.1 Å². The molecule has 0 radical (unpaired) electrons. The fraction of sp³-hybridized carbons (Fsp3) is 0.370. The van der Waals surface area contributed by atoms with Crippen LogP contribution in [0.1, 0.15) is 22.3 Å². The maximum atomic E-state index is 13.8. The second-order valence-electron chi connectivity index (χ2n) is 10.4. The van der Waals surface area contributed by atoms with E-state index in [1.165, 1.54) is 4.90 Å². The zero-order valence-corrected chi connectivity index (χ0v) is 20.3. The summed E-state index contributed by atoms with van der Waals surface area (Å²) in [6.45, 7) is 0. The summed E-state index contributed by atoms with van der Waals surface area (Å²) >= 11 is 0. The number of amides is 1. The number of aliphatic hydroxyl groups is 1. The van der Waals surface area contributed by atoms with Crippen LogP contribution in [-0.4, -0.2) is 69.9 Å². The number of benzene rings is 2. The Balaban J connectivity index is 1.64. The minimum Gasteiger partial charge on any atom is -0.505 e. The van der Waals surface area contributed by atoms with Crippen molar-refractivity contribution in [1.29, 1.82) is 0 Å². The number of likely N-dealkylation sites (N-methyl/N-ethyl adjacent to an activating group) is 1. The van der Waals surface area contributed by atoms with Gasteiger partial charge in [-0.05, 0) is 50.0 Å². The predicted octanol–water partition coefficient (Wildman–Crippen LogP) is 0.116. The van der Waals surface area contributed by atoms with Crippen LogP contribution in [0.25, 0.3) is 11.1 Å². The van der Waals surface area contributed by atoms with Crippen LogP contribution >= 0.6 is 0 Å². The number of rotatable bonds is 3. The van der Waals surface area contributed by atoms with Gasteiger partial charge in [-0.1, -0.05) is 30.3 Å². The lowest BCUT2D eigenvalue weighted by Gasteiger charge is -2.52. The largest absolute Gasteiger partial charge is 0.505 e. The van der Waals surface area contributed by atoms with Crippen molar-refractivity contribution in [2.45, 2.75) is 24.5 Å². The third kappa shape index (κ3) is 3.29. The first-order valence-electron chi connectivity index (χ1n) is 12.0. The zero-order valence-electron chi connectivity index (χ0n) is 20.3. The summed E-state index contributed by atoms with van der Waals surface area (Å²) in [5.74, 6) is -10.9. The van der Waals surface area contributed by atoms with Crippen molar-refractivity contribution in [3.05, 3.63) is 47.5 Å². The normalized spacial score (nSPS) is 31.1. The molecule has 0 aromatic heterocycles. The fourth-order valence-corrected chi connectivity index (χ4v) is 6.53. The first-order chi connectivity index (χ1) is 17.4. The fourth-order valence-electron chi connectivity index (χ4n) is 6.53. The van der Waals surface area contributed by atoms with Crippen LogP contribution in [0, 0.1) is 23.7 Å². The number of anilines is 1. The van der Waals surface area contributed by atoms with Crippen molar-refractivity contribution in [2.75, 3.05) is 19.8 Å². The molecule has 6 N–H and O–H groups in total. The van der Waals surface area contributed by atoms with Gasteiger partial charge in [0, 0.05) is 11.5 Å². The van der Waals surface area contributed by atoms with Crippen molar-refractivity contribution < 1.29 is 34.2 Å². The molecule has 2 fully saturated rings. The quantitative estimate of drug-likeness (QED) is 0.256. The molecule has 0 saturated heterocycles. The number of nitrogens with zero attached hydrogens (tertiary/aromatic N) is 1. The average molecular weight is 506 g/mol. The standard InChI is InChI=1S/C27H27N3O7/c1-30(2)20-15-10-13-8-12-9-14(11-6-4-3-5-7-11)19(28)22(32)16(12)21(31)17(13)24(34)27(15,37)25(35)18(23(20)33)26(29)36/h3-7,9,13,15,17-18,20,32,37H,8,10,28H2,1-2H3,(H2,29,36)/t13-,15-,17?,18?,20-,27-/m0/s1. The summed E-state index contributed by atoms with van der Waals surface area (Å²) in [7, 11) is 3.09. The van der Waals surface area contributed by atoms with E-state index in [9.17, 15) is 34.2 Å². The SMILES string of the molecule is CN(C)[C@@H]1C(=O)C(C(N)=O)C(=O)[C@@]2(O)C(=O)C3C(=O)c4c(cc(-c5ccccc5)c(N)c4O)C[C@H]3C[C@@H]12. The Morgan fingerprint density at radius 3 is 2.32 bits per heavy atom. The van der Waals surface area contributed by atoms with Gasteiger partial charge in [-0.2, -0.15) is 0 Å². The molecular weight excluding hydrogens is 478 g/mol. The van der Waals surface area contributed by atoms with Crippen LogP contribution in [0.4, 0.5) is 5.69 Å². The summed E-state index contributed by atoms with van der Waals surface area (Å²) in [4.78, 5) is 67.3. The average Bonchev–Trinajstić information content (AvgIpc) is 2.83. The smallest absolute Gasteiger partial charge is 0.235 e. The number of nitrogen functional groups attached to an aromatic ring is 1. The number of ketones is 4. The first-order valence-corrected chi connectivity index (χ1v) is 12.0. The molecule has 0 bridgehead atoms. The molecule has 6 atom stereocenters. The van der Waals surface area contributed by atoms with Gasteiger partial charge in [-0.25, -0.2) is 0 Å². The number of phenolic OH excluding ortho intramolecular Hbond substituents is 1. The number of nitrogens with two attached hydrogens (primary N) is 2. The summed E-state index contributed by atoms with van der Waals surface area (Å²) in [6.07, 6.45) is 0.176. The van der Waals surface area contributed by atoms with Crippen molar-refractivity contribution in [3.8, 4) is 16.9 Å². The Bertz CT molecular complexity index is 1390. The third-order valence-corrected chi connectivity index (χ3v) is 8.18. The van der Waals surface area contributed by atoms with Crippen LogP contribution in [0.5, 0.6) is 5.75 Å². The predicted molar refractivity (Wildman–Crippen MR) is 131 cm³/mol. The third-order valence-electron chi connectivity index (χ3n) is 8.18. The molecule has 3 aliphatic rings. The summed E-state index contributed by atoms with van der Waals surface area (Å²) in [6, 6.07) is 9.65. The zero-order chi connectivity index (χ0) is 27.0. The summed E-state index contributed by atoms with van der Waals surface area (Å²) in [5.41, 5.74) is 10.4. The number of hydrogen-bond donors (Lipinski definition) is 4. The summed E-state index contributed by atoms with van der Waals surface area (Å²) < 4.78 is 0. The van der Waals surface area contributed by atoms with Crippen LogP contribution in [0.3, 0.4) is 0 Å². The lowest BCUT2D eigenvalue weighted by atomic mass is 9.52. The number of phenols is 1. The van der Waals surface area contributed by atoms with Crippen LogP contribution < -0.4 is 11.5 Å². The highest BCUT2D eigenvalue weighted by molar-refractivity contribution is 6.32. The van der Waals surface area contributed by atoms with Gasteiger partial charge in [0.2, 0.25) is 5.91 Å². The van der Waals surface area contributed by atoms with E-state index in [0.29, 0.717) is 11.1 Å². The number of carbonyl (C=O) groups excluding carboxylic acids is 5. The monoisotopic (exact) mass is 505 g/mol. The maximum Gasteiger partial charge on any atom is 0.235 e. The lowest BCUT2D eigenvalue weighted by molar-refractivity contribution is -0.181. The highest BCUT2D eigenvalue weighted by Crippen LogP contribution is 2.52. The van der Waals surface area contributed by atoms with E-state index in [-0.39, 0.29) is 24.1 Å². The molecule has 192 valence electrons. The minimum atomic E-state index is -2.75. The minimum absolute atomic E-state index is 0.00426. The van der Waals surface area contributed by atoms with Crippen LogP contribution in [0.15, 0.2) is 36.4 Å². The van der Waals surface area contributed by atoms with Crippen LogP contribution in [-0.2, 0) is 25.6 Å². The molecule has 0 spiro atoms. The number of aromatic hydroxyl groups is 1. The van der Waals surface area contributed by atoms with E-state index >= 15 is 0 Å². The molecule has 1 amide bonds. The van der Waals surface area contributed by atoms with Crippen molar-refractivity contribution in [3.63, 3.8) is 0 Å². The van der Waals surface area contributed by atoms with E-state index in [4.69, 9.17) is 11.5 Å². The Morgan fingerprint density at radius 2 is 1.73 bits per heavy atom. The highest BCUT2D eigenvalue weighted by Gasteiger charge is 2.69. The van der Waals surface area contributed by atoms with Gasteiger partial charge in [-0.3, -0.25) is 28.9 Å². The molecule has 2 aromatic carbocycles. The van der Waals surface area contributed by atoms with Crippen molar-refractivity contribution in [2.24, 2.45) is 29.4 Å². The van der Waals surface area contributed by atoms with Crippen molar-refractivity contribution in [1.82, 2.24) is 4.90 Å². The number of fused-ring (bicyclic) bond motifs is 3. The van der Waals surface area contributed by atoms with Crippen LogP contribution in [0.2, 0.25) is 0 Å². The molecule has 0 heterocycles. The topological polar surface area (TPSA) is 181 Å². The Morgan fingerprint density at radius 1 is 1.08 bits per heavy atom. The van der Waals surface area contributed by atoms with Gasteiger partial charge < -0.3 is 21.7 Å². The number of Topliss-reactive ketones (excluding diaryl/α,β-unsaturated/α-hetero) is 4. The van der Waals surface area contributed by atoms with E-state index in [1.807, 2.05) is 30.3 Å². The van der Waals surface area contributed by atoms with E-state index in [2.05, 4.69) is 0 Å². The second kappa shape index (κ2) is 8.32. The van der Waals surface area contributed by atoms with Crippen molar-refractivity contribution >= 4 is 34.7 Å². The molecule has 10 nitrogen and oxygen atoms in total.